The normalized spacial score (nSPS) is 25.9. The zero-order valence-electron chi connectivity index (χ0n) is 15.7. The molecule has 1 rings (SSSR count). The van der Waals surface area contributed by atoms with E-state index in [1.165, 1.54) is 0 Å². The lowest BCUT2D eigenvalue weighted by Gasteiger charge is -2.16. The Kier molecular flexibility index (Phi) is 11.4. The first-order valence-electron chi connectivity index (χ1n) is 9.68. The highest BCUT2D eigenvalue weighted by atomic mass is 16.5. The van der Waals surface area contributed by atoms with Gasteiger partial charge in [-0.2, -0.15) is 0 Å². The molecule has 1 aliphatic rings. The third-order valence-electron chi connectivity index (χ3n) is 4.55. The summed E-state index contributed by atoms with van der Waals surface area (Å²) in [6, 6.07) is 0. The average molecular weight is 370 g/mol. The number of hydrogen-bond donors (Lipinski definition) is 4. The maximum absolute atomic E-state index is 10.4. The van der Waals surface area contributed by atoms with Crippen molar-refractivity contribution in [3.63, 3.8) is 0 Å². The molecule has 0 amide bonds. The van der Waals surface area contributed by atoms with Crippen LogP contribution in [0.1, 0.15) is 64.7 Å². The largest absolute Gasteiger partial charge is 0.481 e. The Bertz CT molecular complexity index is 448. The van der Waals surface area contributed by atoms with Crippen LogP contribution in [-0.4, -0.2) is 56.9 Å². The summed E-state index contributed by atoms with van der Waals surface area (Å²) < 4.78 is 5.71. The fraction of sp³-hybridized carbons (Fsp3) is 0.750. The number of hydrogen-bond acceptors (Lipinski definition) is 5. The first-order valence-corrected chi connectivity index (χ1v) is 9.68. The number of rotatable bonds is 13. The smallest absolute Gasteiger partial charge is 0.303 e. The van der Waals surface area contributed by atoms with Crippen LogP contribution in [0.2, 0.25) is 0 Å². The van der Waals surface area contributed by atoms with E-state index in [0.29, 0.717) is 32.1 Å². The van der Waals surface area contributed by atoms with Gasteiger partial charge >= 0.3 is 5.97 Å². The first-order chi connectivity index (χ1) is 12.4. The van der Waals surface area contributed by atoms with Crippen LogP contribution in [0.5, 0.6) is 0 Å². The second-order valence-electron chi connectivity index (χ2n) is 6.95. The number of aliphatic hydroxyl groups excluding tert-OH is 3. The SMILES string of the molecule is CCCCC[C@@H](O)/C=C/[C@H]1O[C@H]([C@@H](O)C/C=C\CCCC(=O)O)C[C@@H]1O. The molecule has 4 N–H and O–H groups in total. The minimum Gasteiger partial charge on any atom is -0.481 e. The van der Waals surface area contributed by atoms with Gasteiger partial charge in [0.1, 0.15) is 6.10 Å². The Morgan fingerprint density at radius 1 is 1.23 bits per heavy atom. The molecule has 1 aliphatic heterocycles. The lowest BCUT2D eigenvalue weighted by atomic mass is 10.0. The number of ether oxygens (including phenoxy) is 1. The summed E-state index contributed by atoms with van der Waals surface area (Å²) in [4.78, 5) is 10.4. The van der Waals surface area contributed by atoms with Gasteiger partial charge in [0.15, 0.2) is 0 Å². The van der Waals surface area contributed by atoms with Crippen molar-refractivity contribution in [3.05, 3.63) is 24.3 Å². The summed E-state index contributed by atoms with van der Waals surface area (Å²) >= 11 is 0. The molecular weight excluding hydrogens is 336 g/mol. The minimum atomic E-state index is -0.804. The molecule has 0 radical (unpaired) electrons. The zero-order chi connectivity index (χ0) is 19.4. The van der Waals surface area contributed by atoms with Gasteiger partial charge in [-0.25, -0.2) is 0 Å². The third-order valence-corrected chi connectivity index (χ3v) is 4.55. The Morgan fingerprint density at radius 2 is 2.00 bits per heavy atom. The third kappa shape index (κ3) is 9.48. The highest BCUT2D eigenvalue weighted by molar-refractivity contribution is 5.66. The van der Waals surface area contributed by atoms with Gasteiger partial charge in [0.05, 0.1) is 24.4 Å². The molecule has 150 valence electrons. The lowest BCUT2D eigenvalue weighted by Crippen LogP contribution is -2.25. The molecule has 0 aromatic carbocycles. The van der Waals surface area contributed by atoms with Crippen LogP contribution in [0.25, 0.3) is 0 Å². The number of unbranched alkanes of at least 4 members (excludes halogenated alkanes) is 3. The molecule has 0 aromatic heterocycles. The maximum atomic E-state index is 10.4. The van der Waals surface area contributed by atoms with Gasteiger partial charge in [-0.05, 0) is 25.7 Å². The molecule has 6 nitrogen and oxygen atoms in total. The van der Waals surface area contributed by atoms with E-state index in [1.807, 2.05) is 12.2 Å². The van der Waals surface area contributed by atoms with Gasteiger partial charge in [-0.1, -0.05) is 50.5 Å². The van der Waals surface area contributed by atoms with Crippen LogP contribution in [0.4, 0.5) is 0 Å². The van der Waals surface area contributed by atoms with Gasteiger partial charge in [-0.3, -0.25) is 4.79 Å². The summed E-state index contributed by atoms with van der Waals surface area (Å²) in [6.07, 6.45) is 10.2. The number of carboxylic acids is 1. The predicted molar refractivity (Wildman–Crippen MR) is 99.8 cm³/mol. The number of aliphatic hydroxyl groups is 3. The van der Waals surface area contributed by atoms with E-state index >= 15 is 0 Å². The van der Waals surface area contributed by atoms with Crippen molar-refractivity contribution in [1.82, 2.24) is 0 Å². The Labute approximate surface area is 156 Å². The second-order valence-corrected chi connectivity index (χ2v) is 6.95. The summed E-state index contributed by atoms with van der Waals surface area (Å²) in [5.41, 5.74) is 0. The summed E-state index contributed by atoms with van der Waals surface area (Å²) in [6.45, 7) is 2.11. The van der Waals surface area contributed by atoms with Gasteiger partial charge in [-0.15, -0.1) is 0 Å². The zero-order valence-corrected chi connectivity index (χ0v) is 15.7. The van der Waals surface area contributed by atoms with E-state index < -0.39 is 36.5 Å². The van der Waals surface area contributed by atoms with Crippen molar-refractivity contribution in [1.29, 1.82) is 0 Å². The molecule has 26 heavy (non-hydrogen) atoms. The first kappa shape index (κ1) is 22.8. The maximum Gasteiger partial charge on any atom is 0.303 e. The monoisotopic (exact) mass is 370 g/mol. The van der Waals surface area contributed by atoms with E-state index in [9.17, 15) is 20.1 Å². The van der Waals surface area contributed by atoms with Crippen LogP contribution >= 0.6 is 0 Å². The summed E-state index contributed by atoms with van der Waals surface area (Å²) in [5, 5.41) is 38.7. The average Bonchev–Trinajstić information content (AvgIpc) is 2.97. The molecule has 0 unspecified atom stereocenters. The fourth-order valence-corrected chi connectivity index (χ4v) is 2.96. The molecule has 0 saturated carbocycles. The fourth-order valence-electron chi connectivity index (χ4n) is 2.96. The molecule has 1 saturated heterocycles. The lowest BCUT2D eigenvalue weighted by molar-refractivity contribution is -0.137. The molecule has 1 heterocycles. The van der Waals surface area contributed by atoms with Crippen LogP contribution in [0, 0.1) is 0 Å². The standard InChI is InChI=1S/C20H34O6/c1-2-3-6-9-15(21)12-13-18-17(23)14-19(26-18)16(22)10-7-4-5-8-11-20(24)25/h4,7,12-13,15-19,21-23H,2-3,5-6,8-11,14H2,1H3,(H,24,25)/b7-4-,13-12+/t15-,16+,17+,18-,19+/m1/s1. The van der Waals surface area contributed by atoms with Gasteiger partial charge in [0.25, 0.3) is 0 Å². The van der Waals surface area contributed by atoms with Gasteiger partial charge in [0.2, 0.25) is 0 Å². The van der Waals surface area contributed by atoms with Crippen LogP contribution < -0.4 is 0 Å². The van der Waals surface area contributed by atoms with E-state index in [2.05, 4.69) is 6.92 Å². The molecular formula is C20H34O6. The number of carbonyl (C=O) groups is 1. The Balaban J connectivity index is 2.30. The van der Waals surface area contributed by atoms with Crippen molar-refractivity contribution >= 4 is 5.97 Å². The van der Waals surface area contributed by atoms with E-state index in [1.54, 1.807) is 12.2 Å². The highest BCUT2D eigenvalue weighted by Crippen LogP contribution is 2.25. The van der Waals surface area contributed by atoms with E-state index in [4.69, 9.17) is 9.84 Å². The molecule has 0 aromatic rings. The Morgan fingerprint density at radius 3 is 2.69 bits per heavy atom. The van der Waals surface area contributed by atoms with Crippen molar-refractivity contribution in [2.24, 2.45) is 0 Å². The highest BCUT2D eigenvalue weighted by Gasteiger charge is 2.35. The van der Waals surface area contributed by atoms with E-state index in [-0.39, 0.29) is 6.42 Å². The van der Waals surface area contributed by atoms with Crippen LogP contribution in [0.3, 0.4) is 0 Å². The topological polar surface area (TPSA) is 107 Å². The summed E-state index contributed by atoms with van der Waals surface area (Å²) in [7, 11) is 0. The quantitative estimate of drug-likeness (QED) is 0.293. The molecule has 0 aliphatic carbocycles. The van der Waals surface area contributed by atoms with Crippen molar-refractivity contribution < 1.29 is 30.0 Å². The Hall–Kier alpha value is -1.21. The molecule has 1 fully saturated rings. The molecule has 6 heteroatoms. The van der Waals surface area contributed by atoms with Crippen molar-refractivity contribution in [2.45, 2.75) is 95.2 Å². The summed E-state index contributed by atoms with van der Waals surface area (Å²) in [5.74, 6) is -0.804. The predicted octanol–water partition coefficient (Wildman–Crippen LogP) is 2.56. The van der Waals surface area contributed by atoms with Crippen LogP contribution in [-0.2, 0) is 9.53 Å². The van der Waals surface area contributed by atoms with Crippen molar-refractivity contribution in [3.8, 4) is 0 Å². The second kappa shape index (κ2) is 13.0. The number of allylic oxidation sites excluding steroid dienone is 1. The van der Waals surface area contributed by atoms with Gasteiger partial charge in [0, 0.05) is 12.8 Å². The molecule has 0 spiro atoms. The van der Waals surface area contributed by atoms with Crippen LogP contribution in [0.15, 0.2) is 24.3 Å². The molecule has 5 atom stereocenters. The minimum absolute atomic E-state index is 0.142. The molecule has 0 bridgehead atoms. The number of aliphatic carboxylic acids is 1. The van der Waals surface area contributed by atoms with E-state index in [0.717, 1.165) is 19.3 Å². The van der Waals surface area contributed by atoms with Crippen molar-refractivity contribution in [2.75, 3.05) is 0 Å². The number of carboxylic acid groups (broad SMARTS) is 1. The van der Waals surface area contributed by atoms with Gasteiger partial charge < -0.3 is 25.2 Å².